The Labute approximate surface area is 188 Å². The van der Waals surface area contributed by atoms with Gasteiger partial charge in [0.05, 0.1) is 25.6 Å². The molecule has 7 nitrogen and oxygen atoms in total. The molecule has 166 valence electrons. The van der Waals surface area contributed by atoms with Crippen molar-refractivity contribution in [3.63, 3.8) is 0 Å². The van der Waals surface area contributed by atoms with Crippen molar-refractivity contribution in [1.29, 1.82) is 0 Å². The number of fused-ring (bicyclic) bond motifs is 1. The minimum atomic E-state index is -0.0787. The fraction of sp³-hybridized carbons (Fsp3) is 0.360. The number of nitrogens with zero attached hydrogens (tertiary/aromatic N) is 4. The topological polar surface area (TPSA) is 85.8 Å². The molecule has 0 fully saturated rings. The molecule has 0 radical (unpaired) electrons. The molecule has 0 saturated carbocycles. The molecule has 1 N–H and O–H groups in total. The average molecular weight is 432 g/mol. The molecule has 0 aliphatic rings. The molecule has 4 rings (SSSR count). The number of aromatic amines is 1. The quantitative estimate of drug-likeness (QED) is 0.421. The van der Waals surface area contributed by atoms with Crippen molar-refractivity contribution in [3.8, 4) is 11.6 Å². The minimum Gasteiger partial charge on any atom is -0.495 e. The van der Waals surface area contributed by atoms with Crippen LogP contribution in [0.5, 0.6) is 11.6 Å². The molecule has 0 aliphatic carbocycles. The maximum absolute atomic E-state index is 5.94. The first-order valence-electron chi connectivity index (χ1n) is 10.9. The summed E-state index contributed by atoms with van der Waals surface area (Å²) in [5.74, 6) is 1.59. The Kier molecular flexibility index (Phi) is 6.35. The van der Waals surface area contributed by atoms with Gasteiger partial charge < -0.3 is 9.47 Å². The number of H-pyrrole nitrogens is 1. The van der Waals surface area contributed by atoms with Gasteiger partial charge in [-0.2, -0.15) is 5.10 Å². The zero-order chi connectivity index (χ0) is 22.7. The first kappa shape index (κ1) is 21.7. The van der Waals surface area contributed by atoms with E-state index in [4.69, 9.17) is 14.5 Å². The van der Waals surface area contributed by atoms with Crippen LogP contribution in [0, 0.1) is 12.8 Å². The summed E-state index contributed by atoms with van der Waals surface area (Å²) < 4.78 is 11.4. The Hall–Kier alpha value is -3.48. The molecule has 0 amide bonds. The highest BCUT2D eigenvalue weighted by Gasteiger charge is 2.33. The summed E-state index contributed by atoms with van der Waals surface area (Å²) in [6.07, 6.45) is 5.38. The van der Waals surface area contributed by atoms with Crippen LogP contribution in [0.1, 0.15) is 55.1 Å². The van der Waals surface area contributed by atoms with E-state index < -0.39 is 0 Å². The standard InChI is InChI=1S/C25H29N5O2/c1-6-32-25-19(8-7-11-27-25)23(17-12-18(31-5)14-26-13-17)22(15(2)3)20-9-10-21-24(28-20)16(4)29-30-21/h7-15,22-23H,6H2,1-5H3,(H,29,30). The smallest absolute Gasteiger partial charge is 0.217 e. The number of aromatic nitrogens is 5. The summed E-state index contributed by atoms with van der Waals surface area (Å²) in [5.41, 5.74) is 5.75. The van der Waals surface area contributed by atoms with E-state index in [2.05, 4.69) is 46.1 Å². The summed E-state index contributed by atoms with van der Waals surface area (Å²) in [5, 5.41) is 7.38. The molecule has 4 aromatic rings. The van der Waals surface area contributed by atoms with E-state index in [1.807, 2.05) is 38.2 Å². The molecule has 0 spiro atoms. The normalized spacial score (nSPS) is 13.3. The molecule has 4 aromatic heterocycles. The third-order valence-corrected chi connectivity index (χ3v) is 5.76. The van der Waals surface area contributed by atoms with Gasteiger partial charge in [-0.25, -0.2) is 9.97 Å². The van der Waals surface area contributed by atoms with Crippen LogP contribution in [0.3, 0.4) is 0 Å². The molecule has 0 aliphatic heterocycles. The molecule has 0 saturated heterocycles. The fourth-order valence-electron chi connectivity index (χ4n) is 4.31. The van der Waals surface area contributed by atoms with Gasteiger partial charge in [0.15, 0.2) is 0 Å². The van der Waals surface area contributed by atoms with Crippen molar-refractivity contribution in [2.75, 3.05) is 13.7 Å². The Morgan fingerprint density at radius 3 is 2.72 bits per heavy atom. The van der Waals surface area contributed by atoms with Crippen molar-refractivity contribution < 1.29 is 9.47 Å². The van der Waals surface area contributed by atoms with E-state index in [0.29, 0.717) is 18.2 Å². The van der Waals surface area contributed by atoms with Gasteiger partial charge in [0.25, 0.3) is 0 Å². The van der Waals surface area contributed by atoms with E-state index in [1.54, 1.807) is 19.5 Å². The molecular formula is C25H29N5O2. The van der Waals surface area contributed by atoms with Gasteiger partial charge in [-0.3, -0.25) is 10.1 Å². The molecule has 2 unspecified atom stereocenters. The SMILES string of the molecule is CCOc1ncccc1C(c1cncc(OC)c1)C(c1ccc2n[nH]c(C)c2n1)C(C)C. The van der Waals surface area contributed by atoms with E-state index in [0.717, 1.165) is 33.5 Å². The predicted octanol–water partition coefficient (Wildman–Crippen LogP) is 5.04. The van der Waals surface area contributed by atoms with Gasteiger partial charge in [-0.15, -0.1) is 0 Å². The number of pyridine rings is 3. The third-order valence-electron chi connectivity index (χ3n) is 5.76. The van der Waals surface area contributed by atoms with Crippen molar-refractivity contribution in [2.45, 2.75) is 39.5 Å². The summed E-state index contributed by atoms with van der Waals surface area (Å²) in [7, 11) is 1.66. The van der Waals surface area contributed by atoms with Crippen molar-refractivity contribution in [1.82, 2.24) is 25.1 Å². The largest absolute Gasteiger partial charge is 0.495 e. The maximum atomic E-state index is 5.94. The summed E-state index contributed by atoms with van der Waals surface area (Å²) in [6.45, 7) is 8.94. The van der Waals surface area contributed by atoms with Gasteiger partial charge in [0, 0.05) is 35.5 Å². The van der Waals surface area contributed by atoms with Crippen molar-refractivity contribution in [3.05, 3.63) is 71.4 Å². The zero-order valence-corrected chi connectivity index (χ0v) is 19.2. The fourth-order valence-corrected chi connectivity index (χ4v) is 4.31. The van der Waals surface area contributed by atoms with Crippen LogP contribution in [0.4, 0.5) is 0 Å². The zero-order valence-electron chi connectivity index (χ0n) is 19.2. The summed E-state index contributed by atoms with van der Waals surface area (Å²) in [6, 6.07) is 10.2. The van der Waals surface area contributed by atoms with Crippen LogP contribution in [0.15, 0.2) is 48.9 Å². The van der Waals surface area contributed by atoms with Crippen molar-refractivity contribution >= 4 is 11.0 Å². The van der Waals surface area contributed by atoms with E-state index in [1.165, 1.54) is 0 Å². The number of methoxy groups -OCH3 is 1. The Morgan fingerprint density at radius 1 is 1.12 bits per heavy atom. The first-order chi connectivity index (χ1) is 15.5. The molecule has 7 heteroatoms. The highest BCUT2D eigenvalue weighted by molar-refractivity contribution is 5.76. The van der Waals surface area contributed by atoms with Crippen LogP contribution in [0.25, 0.3) is 11.0 Å². The highest BCUT2D eigenvalue weighted by Crippen LogP contribution is 2.45. The molecule has 0 aromatic carbocycles. The van der Waals surface area contributed by atoms with Gasteiger partial charge in [-0.1, -0.05) is 19.9 Å². The summed E-state index contributed by atoms with van der Waals surface area (Å²) in [4.78, 5) is 14.0. The maximum Gasteiger partial charge on any atom is 0.217 e. The Morgan fingerprint density at radius 2 is 1.97 bits per heavy atom. The second-order valence-electron chi connectivity index (χ2n) is 8.19. The third kappa shape index (κ3) is 4.15. The number of ether oxygens (including phenoxy) is 2. The van der Waals surface area contributed by atoms with E-state index in [-0.39, 0.29) is 17.8 Å². The lowest BCUT2D eigenvalue weighted by molar-refractivity contribution is 0.317. The number of hydrogen-bond acceptors (Lipinski definition) is 6. The van der Waals surface area contributed by atoms with Crippen molar-refractivity contribution in [2.24, 2.45) is 5.92 Å². The number of hydrogen-bond donors (Lipinski definition) is 1. The van der Waals surface area contributed by atoms with Gasteiger partial charge in [0.2, 0.25) is 5.88 Å². The second kappa shape index (κ2) is 9.34. The van der Waals surface area contributed by atoms with Crippen LogP contribution in [-0.4, -0.2) is 38.9 Å². The second-order valence-corrected chi connectivity index (χ2v) is 8.19. The van der Waals surface area contributed by atoms with Crippen LogP contribution in [-0.2, 0) is 0 Å². The van der Waals surface area contributed by atoms with Gasteiger partial charge >= 0.3 is 0 Å². The van der Waals surface area contributed by atoms with E-state index >= 15 is 0 Å². The molecule has 4 heterocycles. The van der Waals surface area contributed by atoms with Gasteiger partial charge in [-0.05, 0) is 49.6 Å². The lowest BCUT2D eigenvalue weighted by Crippen LogP contribution is -2.21. The van der Waals surface area contributed by atoms with Crippen LogP contribution in [0.2, 0.25) is 0 Å². The number of rotatable bonds is 8. The minimum absolute atomic E-state index is 0.0472. The monoisotopic (exact) mass is 431 g/mol. The number of aryl methyl sites for hydroxylation is 1. The van der Waals surface area contributed by atoms with Gasteiger partial charge in [0.1, 0.15) is 16.8 Å². The first-order valence-corrected chi connectivity index (χ1v) is 10.9. The lowest BCUT2D eigenvalue weighted by Gasteiger charge is -2.31. The predicted molar refractivity (Wildman–Crippen MR) is 124 cm³/mol. The molecular weight excluding hydrogens is 402 g/mol. The number of nitrogens with one attached hydrogen (secondary N) is 1. The van der Waals surface area contributed by atoms with Crippen LogP contribution < -0.4 is 9.47 Å². The van der Waals surface area contributed by atoms with Crippen LogP contribution >= 0.6 is 0 Å². The molecule has 2 atom stereocenters. The Balaban J connectivity index is 1.94. The molecule has 0 bridgehead atoms. The highest BCUT2D eigenvalue weighted by atomic mass is 16.5. The lowest BCUT2D eigenvalue weighted by atomic mass is 9.74. The summed E-state index contributed by atoms with van der Waals surface area (Å²) >= 11 is 0. The average Bonchev–Trinajstić information content (AvgIpc) is 3.18. The molecule has 32 heavy (non-hydrogen) atoms. The van der Waals surface area contributed by atoms with E-state index in [9.17, 15) is 0 Å². The Bertz CT molecular complexity index is 1200.